The number of primary amides is 1. The van der Waals surface area contributed by atoms with E-state index in [1.54, 1.807) is 31.1 Å². The van der Waals surface area contributed by atoms with Crippen LogP contribution in [-0.2, 0) is 4.79 Å². The zero-order valence-corrected chi connectivity index (χ0v) is 12.3. The van der Waals surface area contributed by atoms with Crippen LogP contribution in [0.15, 0.2) is 23.4 Å². The average Bonchev–Trinajstić information content (AvgIpc) is 2.31. The van der Waals surface area contributed by atoms with Crippen molar-refractivity contribution in [1.29, 1.82) is 0 Å². The number of nitrogens with one attached hydrogen (secondary N) is 1. The second-order valence-corrected chi connectivity index (χ2v) is 6.29. The van der Waals surface area contributed by atoms with Crippen LogP contribution in [0.3, 0.4) is 0 Å². The number of pyridine rings is 1. The van der Waals surface area contributed by atoms with Crippen LogP contribution in [0.4, 0.5) is 0 Å². The quantitative estimate of drug-likeness (QED) is 0.786. The van der Waals surface area contributed by atoms with E-state index in [-0.39, 0.29) is 11.2 Å². The third-order valence-corrected chi connectivity index (χ3v) is 4.09. The van der Waals surface area contributed by atoms with Crippen LogP contribution in [0.5, 0.6) is 0 Å². The maximum Gasteiger partial charge on any atom is 0.237 e. The summed E-state index contributed by atoms with van der Waals surface area (Å²) in [4.78, 5) is 15.6. The fourth-order valence-corrected chi connectivity index (χ4v) is 2.78. The first-order chi connectivity index (χ1) is 8.37. The van der Waals surface area contributed by atoms with Crippen LogP contribution >= 0.6 is 23.4 Å². The molecule has 0 saturated carbocycles. The summed E-state index contributed by atoms with van der Waals surface area (Å²) in [5.41, 5.74) is 4.70. The van der Waals surface area contributed by atoms with E-state index in [2.05, 4.69) is 10.3 Å². The van der Waals surface area contributed by atoms with Crippen molar-refractivity contribution in [3.8, 4) is 0 Å². The van der Waals surface area contributed by atoms with Gasteiger partial charge in [0.1, 0.15) is 0 Å². The van der Waals surface area contributed by atoms with E-state index in [0.29, 0.717) is 11.4 Å². The van der Waals surface area contributed by atoms with Gasteiger partial charge in [-0.3, -0.25) is 4.79 Å². The van der Waals surface area contributed by atoms with Crippen molar-refractivity contribution in [3.05, 3.63) is 23.4 Å². The van der Waals surface area contributed by atoms with Crippen molar-refractivity contribution in [3.63, 3.8) is 0 Å². The molecule has 1 heterocycles. The van der Waals surface area contributed by atoms with Gasteiger partial charge in [-0.2, -0.15) is 0 Å². The van der Waals surface area contributed by atoms with E-state index < -0.39 is 5.54 Å². The van der Waals surface area contributed by atoms with Crippen LogP contribution in [0.2, 0.25) is 5.02 Å². The van der Waals surface area contributed by atoms with Gasteiger partial charge in [0.25, 0.3) is 0 Å². The predicted molar refractivity (Wildman–Crippen MR) is 75.8 cm³/mol. The third-order valence-electron chi connectivity index (χ3n) is 2.81. The van der Waals surface area contributed by atoms with Gasteiger partial charge >= 0.3 is 0 Å². The van der Waals surface area contributed by atoms with Gasteiger partial charge in [-0.1, -0.05) is 18.5 Å². The Balaban J connectivity index is 2.63. The highest BCUT2D eigenvalue weighted by Gasteiger charge is 2.31. The summed E-state index contributed by atoms with van der Waals surface area (Å²) < 4.78 is 0. The Labute approximate surface area is 117 Å². The molecule has 18 heavy (non-hydrogen) atoms. The van der Waals surface area contributed by atoms with Crippen molar-refractivity contribution in [1.82, 2.24) is 10.3 Å². The van der Waals surface area contributed by atoms with Gasteiger partial charge in [-0.05, 0) is 32.5 Å². The Bertz CT molecular complexity index is 412. The standard InChI is InChI=1S/C12H18ClN3OS/c1-8(6-12(2,15-3)11(14)17)18-10-5-4-9(13)7-16-10/h4-5,7-8,15H,6H2,1-3H3,(H2,14,17). The molecule has 0 aliphatic carbocycles. The molecular weight excluding hydrogens is 270 g/mol. The van der Waals surface area contributed by atoms with Crippen molar-refractivity contribution in [2.75, 3.05) is 7.05 Å². The molecule has 2 atom stereocenters. The summed E-state index contributed by atoms with van der Waals surface area (Å²) in [5.74, 6) is -0.346. The van der Waals surface area contributed by atoms with Crippen LogP contribution in [0.25, 0.3) is 0 Å². The SMILES string of the molecule is CNC(C)(CC(C)Sc1ccc(Cl)cn1)C(N)=O. The Morgan fingerprint density at radius 2 is 2.33 bits per heavy atom. The van der Waals surface area contributed by atoms with E-state index in [0.717, 1.165) is 5.03 Å². The highest BCUT2D eigenvalue weighted by atomic mass is 35.5. The van der Waals surface area contributed by atoms with Gasteiger partial charge in [0.2, 0.25) is 5.91 Å². The lowest BCUT2D eigenvalue weighted by atomic mass is 9.95. The van der Waals surface area contributed by atoms with E-state index in [4.69, 9.17) is 17.3 Å². The molecule has 0 bridgehead atoms. The molecule has 0 fully saturated rings. The van der Waals surface area contributed by atoms with Crippen LogP contribution in [0, 0.1) is 0 Å². The Morgan fingerprint density at radius 1 is 1.67 bits per heavy atom. The summed E-state index contributed by atoms with van der Waals surface area (Å²) in [5, 5.41) is 4.69. The molecule has 1 amide bonds. The minimum atomic E-state index is -0.696. The number of likely N-dealkylation sites (N-methyl/N-ethyl adjacent to an activating group) is 1. The largest absolute Gasteiger partial charge is 0.368 e. The van der Waals surface area contributed by atoms with Gasteiger partial charge in [-0.15, -0.1) is 11.8 Å². The second-order valence-electron chi connectivity index (χ2n) is 4.39. The normalized spacial score (nSPS) is 16.0. The summed E-state index contributed by atoms with van der Waals surface area (Å²) in [6.07, 6.45) is 2.25. The Hall–Kier alpha value is -0.780. The molecule has 0 aromatic carbocycles. The monoisotopic (exact) mass is 287 g/mol. The van der Waals surface area contributed by atoms with Crippen LogP contribution in [-0.4, -0.2) is 28.7 Å². The summed E-state index contributed by atoms with van der Waals surface area (Å²) in [6, 6.07) is 3.67. The number of carbonyl (C=O) groups is 1. The van der Waals surface area contributed by atoms with E-state index in [1.807, 2.05) is 19.9 Å². The van der Waals surface area contributed by atoms with Gasteiger partial charge < -0.3 is 11.1 Å². The lowest BCUT2D eigenvalue weighted by Crippen LogP contribution is -2.52. The molecule has 0 spiro atoms. The van der Waals surface area contributed by atoms with Crippen molar-refractivity contribution >= 4 is 29.3 Å². The molecule has 2 unspecified atom stereocenters. The first-order valence-electron chi connectivity index (χ1n) is 5.64. The molecule has 0 saturated heterocycles. The maximum absolute atomic E-state index is 11.4. The van der Waals surface area contributed by atoms with Crippen LogP contribution < -0.4 is 11.1 Å². The van der Waals surface area contributed by atoms with Crippen molar-refractivity contribution < 1.29 is 4.79 Å². The number of hydrogen-bond donors (Lipinski definition) is 2. The van der Waals surface area contributed by atoms with Gasteiger partial charge in [0.15, 0.2) is 0 Å². The van der Waals surface area contributed by atoms with E-state index in [1.165, 1.54) is 0 Å². The first-order valence-corrected chi connectivity index (χ1v) is 6.90. The molecule has 1 aromatic rings. The molecule has 0 aliphatic heterocycles. The van der Waals surface area contributed by atoms with Crippen molar-refractivity contribution in [2.24, 2.45) is 5.73 Å². The smallest absolute Gasteiger partial charge is 0.237 e. The van der Waals surface area contributed by atoms with Gasteiger partial charge in [0.05, 0.1) is 15.6 Å². The number of nitrogens with zero attached hydrogens (tertiary/aromatic N) is 1. The Morgan fingerprint density at radius 3 is 2.78 bits per heavy atom. The van der Waals surface area contributed by atoms with Crippen molar-refractivity contribution in [2.45, 2.75) is 36.1 Å². The molecule has 1 aromatic heterocycles. The number of amides is 1. The maximum atomic E-state index is 11.4. The Kier molecular flexibility index (Phi) is 5.44. The molecule has 0 aliphatic rings. The minimum Gasteiger partial charge on any atom is -0.368 e. The molecular formula is C12H18ClN3OS. The lowest BCUT2D eigenvalue weighted by molar-refractivity contribution is -0.123. The summed E-state index contributed by atoms with van der Waals surface area (Å²) >= 11 is 7.37. The van der Waals surface area contributed by atoms with Gasteiger partial charge in [-0.25, -0.2) is 4.98 Å². The zero-order chi connectivity index (χ0) is 13.8. The first kappa shape index (κ1) is 15.3. The number of thioether (sulfide) groups is 1. The van der Waals surface area contributed by atoms with E-state index in [9.17, 15) is 4.79 Å². The molecule has 3 N–H and O–H groups in total. The average molecular weight is 288 g/mol. The fraction of sp³-hybridized carbons (Fsp3) is 0.500. The summed E-state index contributed by atoms with van der Waals surface area (Å²) in [7, 11) is 1.74. The number of hydrogen-bond acceptors (Lipinski definition) is 4. The summed E-state index contributed by atoms with van der Waals surface area (Å²) in [6.45, 7) is 3.85. The molecule has 4 nitrogen and oxygen atoms in total. The zero-order valence-electron chi connectivity index (χ0n) is 10.7. The van der Waals surface area contributed by atoms with E-state index >= 15 is 0 Å². The highest BCUT2D eigenvalue weighted by Crippen LogP contribution is 2.27. The minimum absolute atomic E-state index is 0.212. The topological polar surface area (TPSA) is 68.0 Å². The fourth-order valence-electron chi connectivity index (χ4n) is 1.58. The number of aromatic nitrogens is 1. The van der Waals surface area contributed by atoms with Crippen LogP contribution in [0.1, 0.15) is 20.3 Å². The number of halogens is 1. The molecule has 0 radical (unpaired) electrons. The number of nitrogens with two attached hydrogens (primary N) is 1. The second kappa shape index (κ2) is 6.41. The third kappa shape index (κ3) is 4.15. The number of carbonyl (C=O) groups excluding carboxylic acids is 1. The highest BCUT2D eigenvalue weighted by molar-refractivity contribution is 7.99. The molecule has 100 valence electrons. The lowest BCUT2D eigenvalue weighted by Gasteiger charge is -2.28. The van der Waals surface area contributed by atoms with Gasteiger partial charge in [0, 0.05) is 11.4 Å². The predicted octanol–water partition coefficient (Wildman–Crippen LogP) is 2.07. The number of rotatable bonds is 6. The molecule has 1 rings (SSSR count). The molecule has 6 heteroatoms.